The van der Waals surface area contributed by atoms with Crippen LogP contribution in [-0.2, 0) is 16.1 Å². The third-order valence-electron chi connectivity index (χ3n) is 5.43. The molecule has 0 radical (unpaired) electrons. The summed E-state index contributed by atoms with van der Waals surface area (Å²) in [5.74, 6) is -0.957. The molecule has 2 aromatic carbocycles. The Morgan fingerprint density at radius 1 is 0.944 bits per heavy atom. The van der Waals surface area contributed by atoms with Crippen LogP contribution in [0.5, 0.6) is 0 Å². The Bertz CT molecular complexity index is 1600. The van der Waals surface area contributed by atoms with Gasteiger partial charge in [0.05, 0.1) is 23.9 Å². The number of ether oxygens (including phenoxy) is 1. The van der Waals surface area contributed by atoms with Gasteiger partial charge in [-0.05, 0) is 30.2 Å². The molecule has 0 atom stereocenters. The third kappa shape index (κ3) is 4.84. The van der Waals surface area contributed by atoms with Gasteiger partial charge in [0.25, 0.3) is 5.56 Å². The lowest BCUT2D eigenvalue weighted by atomic mass is 10.1. The summed E-state index contributed by atoms with van der Waals surface area (Å²) in [7, 11) is 0. The molecule has 0 unspecified atom stereocenters. The number of nitrogens with one attached hydrogen (secondary N) is 1. The smallest absolute Gasteiger partial charge is 0.341 e. The first-order valence-corrected chi connectivity index (χ1v) is 12.9. The van der Waals surface area contributed by atoms with E-state index in [0.29, 0.717) is 15.2 Å². The summed E-state index contributed by atoms with van der Waals surface area (Å²) in [6, 6.07) is 22.9. The predicted octanol–water partition coefficient (Wildman–Crippen LogP) is 5.67. The van der Waals surface area contributed by atoms with Crippen molar-refractivity contribution in [1.82, 2.24) is 9.55 Å². The molecule has 0 bridgehead atoms. The molecule has 0 fully saturated rings. The fourth-order valence-electron chi connectivity index (χ4n) is 3.73. The van der Waals surface area contributed by atoms with Crippen molar-refractivity contribution in [3.05, 3.63) is 95.0 Å². The van der Waals surface area contributed by atoms with Crippen molar-refractivity contribution >= 4 is 49.8 Å². The number of hydrogen-bond donors (Lipinski definition) is 1. The Morgan fingerprint density at radius 3 is 2.22 bits per heavy atom. The molecular weight excluding hydrogens is 494 g/mol. The summed E-state index contributed by atoms with van der Waals surface area (Å²) < 4.78 is 6.45. The van der Waals surface area contributed by atoms with Crippen molar-refractivity contribution in [1.29, 1.82) is 0 Å². The van der Waals surface area contributed by atoms with Gasteiger partial charge in [-0.15, -0.1) is 22.7 Å². The van der Waals surface area contributed by atoms with Gasteiger partial charge in [0.1, 0.15) is 16.4 Å². The molecular formula is C27H21N3O4S2. The number of benzene rings is 2. The van der Waals surface area contributed by atoms with E-state index < -0.39 is 11.9 Å². The number of nitrogens with zero attached hydrogens (tertiary/aromatic N) is 2. The molecule has 7 nitrogen and oxygen atoms in total. The van der Waals surface area contributed by atoms with Crippen molar-refractivity contribution in [2.75, 3.05) is 11.9 Å². The van der Waals surface area contributed by atoms with Crippen molar-refractivity contribution in [2.45, 2.75) is 13.5 Å². The van der Waals surface area contributed by atoms with E-state index in [2.05, 4.69) is 10.3 Å². The van der Waals surface area contributed by atoms with Gasteiger partial charge in [0.2, 0.25) is 5.91 Å². The first kappa shape index (κ1) is 23.7. The van der Waals surface area contributed by atoms with E-state index in [1.54, 1.807) is 13.0 Å². The molecule has 3 aromatic heterocycles. The Kier molecular flexibility index (Phi) is 6.75. The first-order chi connectivity index (χ1) is 17.5. The van der Waals surface area contributed by atoms with Crippen LogP contribution < -0.4 is 10.9 Å². The Hall–Kier alpha value is -4.08. The molecule has 180 valence electrons. The van der Waals surface area contributed by atoms with Gasteiger partial charge in [0, 0.05) is 9.75 Å². The van der Waals surface area contributed by atoms with Crippen LogP contribution in [0.25, 0.3) is 31.1 Å². The van der Waals surface area contributed by atoms with Crippen molar-refractivity contribution in [2.24, 2.45) is 0 Å². The van der Waals surface area contributed by atoms with Crippen LogP contribution in [0.1, 0.15) is 17.3 Å². The lowest BCUT2D eigenvalue weighted by Gasteiger charge is -2.07. The number of amides is 1. The Morgan fingerprint density at radius 2 is 1.58 bits per heavy atom. The zero-order valence-electron chi connectivity index (χ0n) is 19.3. The average molecular weight is 516 g/mol. The quantitative estimate of drug-likeness (QED) is 0.282. The number of thiophene rings is 2. The molecule has 0 aliphatic carbocycles. The fourth-order valence-corrected chi connectivity index (χ4v) is 5.79. The van der Waals surface area contributed by atoms with E-state index in [-0.39, 0.29) is 24.3 Å². The van der Waals surface area contributed by atoms with E-state index >= 15 is 0 Å². The van der Waals surface area contributed by atoms with Gasteiger partial charge < -0.3 is 10.1 Å². The van der Waals surface area contributed by atoms with Crippen molar-refractivity contribution < 1.29 is 14.3 Å². The number of carbonyl (C=O) groups is 2. The van der Waals surface area contributed by atoms with Gasteiger partial charge in [-0.1, -0.05) is 60.7 Å². The molecule has 0 saturated heterocycles. The minimum Gasteiger partial charge on any atom is -0.462 e. The van der Waals surface area contributed by atoms with Crippen LogP contribution in [0.4, 0.5) is 5.00 Å². The highest BCUT2D eigenvalue weighted by molar-refractivity contribution is 7.21. The topological polar surface area (TPSA) is 90.3 Å². The van der Waals surface area contributed by atoms with Crippen LogP contribution in [-0.4, -0.2) is 28.0 Å². The van der Waals surface area contributed by atoms with Gasteiger partial charge in [-0.25, -0.2) is 9.78 Å². The van der Waals surface area contributed by atoms with Crippen LogP contribution in [0, 0.1) is 0 Å². The first-order valence-electron chi connectivity index (χ1n) is 11.2. The second kappa shape index (κ2) is 10.3. The molecule has 1 N–H and O–H groups in total. The standard InChI is InChI=1S/C27H21N3O4S2/c1-2-34-27(33)20-14-22(18-11-7-4-8-12-18)36-25(20)29-23(31)15-30-16-28-24-19(26(30)32)13-21(35-24)17-9-5-3-6-10-17/h3-14,16H,2,15H2,1H3,(H,29,31). The second-order valence-corrected chi connectivity index (χ2v) is 9.94. The van der Waals surface area contributed by atoms with Gasteiger partial charge in [-0.2, -0.15) is 0 Å². The summed E-state index contributed by atoms with van der Waals surface area (Å²) in [5.41, 5.74) is 1.91. The van der Waals surface area contributed by atoms with Crippen molar-refractivity contribution in [3.63, 3.8) is 0 Å². The predicted molar refractivity (Wildman–Crippen MR) is 144 cm³/mol. The second-order valence-electron chi connectivity index (χ2n) is 7.86. The highest BCUT2D eigenvalue weighted by Gasteiger charge is 2.20. The maximum absolute atomic E-state index is 13.1. The number of rotatable bonds is 7. The molecule has 3 heterocycles. The van der Waals surface area contributed by atoms with E-state index in [9.17, 15) is 14.4 Å². The summed E-state index contributed by atoms with van der Waals surface area (Å²) in [6.07, 6.45) is 1.38. The van der Waals surface area contributed by atoms with E-state index in [1.807, 2.05) is 66.7 Å². The van der Waals surface area contributed by atoms with Gasteiger partial charge in [0.15, 0.2) is 0 Å². The van der Waals surface area contributed by atoms with Crippen LogP contribution in [0.15, 0.2) is 83.9 Å². The Balaban J connectivity index is 1.41. The molecule has 36 heavy (non-hydrogen) atoms. The molecule has 1 amide bonds. The molecule has 0 aliphatic heterocycles. The zero-order valence-corrected chi connectivity index (χ0v) is 20.9. The van der Waals surface area contributed by atoms with Gasteiger partial charge >= 0.3 is 5.97 Å². The summed E-state index contributed by atoms with van der Waals surface area (Å²) in [4.78, 5) is 45.3. The molecule has 5 rings (SSSR count). The number of fused-ring (bicyclic) bond motifs is 1. The minimum atomic E-state index is -0.516. The third-order valence-corrected chi connectivity index (χ3v) is 7.62. The summed E-state index contributed by atoms with van der Waals surface area (Å²) in [6.45, 7) is 1.71. The Labute approximate surface area is 214 Å². The van der Waals surface area contributed by atoms with Crippen molar-refractivity contribution in [3.8, 4) is 20.9 Å². The highest BCUT2D eigenvalue weighted by Crippen LogP contribution is 2.36. The van der Waals surface area contributed by atoms with E-state index in [4.69, 9.17) is 4.74 Å². The molecule has 0 saturated carbocycles. The SMILES string of the molecule is CCOC(=O)c1cc(-c2ccccc2)sc1NC(=O)Cn1cnc2sc(-c3ccccc3)cc2c1=O. The number of esters is 1. The van der Waals surface area contributed by atoms with Crippen LogP contribution >= 0.6 is 22.7 Å². The normalized spacial score (nSPS) is 10.9. The maximum Gasteiger partial charge on any atom is 0.341 e. The summed E-state index contributed by atoms with van der Waals surface area (Å²) in [5, 5.41) is 3.63. The fraction of sp³-hybridized carbons (Fsp3) is 0.111. The number of hydrogen-bond acceptors (Lipinski definition) is 7. The minimum absolute atomic E-state index is 0.218. The molecule has 5 aromatic rings. The number of anilines is 1. The highest BCUT2D eigenvalue weighted by atomic mass is 32.1. The largest absolute Gasteiger partial charge is 0.462 e. The molecule has 0 aliphatic rings. The van der Waals surface area contributed by atoms with E-state index in [1.165, 1.54) is 33.6 Å². The monoisotopic (exact) mass is 515 g/mol. The van der Waals surface area contributed by atoms with Crippen LogP contribution in [0.2, 0.25) is 0 Å². The zero-order chi connectivity index (χ0) is 25.1. The molecule has 0 spiro atoms. The van der Waals surface area contributed by atoms with Gasteiger partial charge in [-0.3, -0.25) is 14.2 Å². The lowest BCUT2D eigenvalue weighted by molar-refractivity contribution is -0.116. The van der Waals surface area contributed by atoms with Crippen LogP contribution in [0.3, 0.4) is 0 Å². The number of carbonyl (C=O) groups excluding carboxylic acids is 2. The lowest BCUT2D eigenvalue weighted by Crippen LogP contribution is -2.27. The maximum atomic E-state index is 13.1. The molecule has 9 heteroatoms. The average Bonchev–Trinajstić information content (AvgIpc) is 3.52. The summed E-state index contributed by atoms with van der Waals surface area (Å²) >= 11 is 2.71. The van der Waals surface area contributed by atoms with E-state index in [0.717, 1.165) is 20.9 Å². The number of aromatic nitrogens is 2.